The van der Waals surface area contributed by atoms with Crippen LogP contribution in [0.25, 0.3) is 0 Å². The number of hydrogen-bond acceptors (Lipinski definition) is 4. The molecular weight excluding hydrogens is 259 g/mol. The normalized spacial score (nSPS) is 20.8. The van der Waals surface area contributed by atoms with Crippen molar-refractivity contribution in [2.75, 3.05) is 44.2 Å². The number of primary amides is 1. The molecule has 1 aromatic rings. The minimum atomic E-state index is -0.599. The van der Waals surface area contributed by atoms with Crippen molar-refractivity contribution >= 4 is 11.6 Å². The molecule has 0 aromatic heterocycles. The highest BCUT2D eigenvalue weighted by Gasteiger charge is 2.28. The predicted octanol–water partition coefficient (Wildman–Crippen LogP) is 0.0184. The molecule has 3 rings (SSSR count). The first-order chi connectivity index (χ1) is 9.65. The topological polar surface area (TPSA) is 61.6 Å². The summed E-state index contributed by atoms with van der Waals surface area (Å²) in [4.78, 5) is 15.5. The number of benzene rings is 1. The molecule has 2 aliphatic rings. The number of nitrogens with zero attached hydrogens (tertiary/aromatic N) is 2. The minimum absolute atomic E-state index is 0.213. The summed E-state index contributed by atoms with van der Waals surface area (Å²) in [5, 5.41) is 3.27. The zero-order valence-corrected chi connectivity index (χ0v) is 11.3. The Morgan fingerprint density at radius 1 is 1.25 bits per heavy atom. The molecule has 3 N–H and O–H groups in total. The van der Waals surface area contributed by atoms with Gasteiger partial charge in [-0.05, 0) is 18.2 Å². The molecule has 2 fully saturated rings. The van der Waals surface area contributed by atoms with Crippen LogP contribution in [0.15, 0.2) is 18.2 Å². The summed E-state index contributed by atoms with van der Waals surface area (Å²) >= 11 is 0. The summed E-state index contributed by atoms with van der Waals surface area (Å²) in [7, 11) is 0. The lowest BCUT2D eigenvalue weighted by Crippen LogP contribution is -2.61. The highest BCUT2D eigenvalue weighted by Crippen LogP contribution is 2.22. The van der Waals surface area contributed by atoms with E-state index in [1.807, 2.05) is 4.90 Å². The van der Waals surface area contributed by atoms with Crippen LogP contribution in [-0.2, 0) is 0 Å². The van der Waals surface area contributed by atoms with Gasteiger partial charge in [0.15, 0.2) is 0 Å². The first kappa shape index (κ1) is 13.3. The molecule has 0 spiro atoms. The average molecular weight is 278 g/mol. The van der Waals surface area contributed by atoms with Gasteiger partial charge in [-0.1, -0.05) is 0 Å². The van der Waals surface area contributed by atoms with Crippen LogP contribution in [0.1, 0.15) is 10.4 Å². The molecule has 2 heterocycles. The van der Waals surface area contributed by atoms with Crippen molar-refractivity contribution < 1.29 is 9.18 Å². The van der Waals surface area contributed by atoms with E-state index >= 15 is 0 Å². The number of hydrogen-bond donors (Lipinski definition) is 2. The molecule has 0 radical (unpaired) electrons. The Morgan fingerprint density at radius 2 is 1.95 bits per heavy atom. The Hall–Kier alpha value is -1.66. The lowest BCUT2D eigenvalue weighted by atomic mass is 10.1. The zero-order chi connectivity index (χ0) is 14.1. The Kier molecular flexibility index (Phi) is 3.58. The number of carbonyl (C=O) groups is 1. The van der Waals surface area contributed by atoms with Crippen molar-refractivity contribution in [3.8, 4) is 0 Å². The van der Waals surface area contributed by atoms with E-state index in [2.05, 4.69) is 10.2 Å². The Balaban J connectivity index is 1.66. The van der Waals surface area contributed by atoms with Crippen molar-refractivity contribution in [2.45, 2.75) is 6.04 Å². The van der Waals surface area contributed by atoms with Gasteiger partial charge in [0, 0.05) is 50.9 Å². The molecule has 108 valence electrons. The van der Waals surface area contributed by atoms with E-state index in [0.29, 0.717) is 11.7 Å². The predicted molar refractivity (Wildman–Crippen MR) is 75.4 cm³/mol. The van der Waals surface area contributed by atoms with Gasteiger partial charge in [-0.3, -0.25) is 9.69 Å². The van der Waals surface area contributed by atoms with Gasteiger partial charge in [0.05, 0.1) is 5.69 Å². The summed E-state index contributed by atoms with van der Waals surface area (Å²) in [5.41, 5.74) is 5.92. The van der Waals surface area contributed by atoms with E-state index in [1.165, 1.54) is 6.07 Å². The second-order valence-electron chi connectivity index (χ2n) is 5.37. The summed E-state index contributed by atoms with van der Waals surface area (Å²) < 4.78 is 14.1. The van der Waals surface area contributed by atoms with Crippen LogP contribution in [0.4, 0.5) is 10.1 Å². The quantitative estimate of drug-likeness (QED) is 0.818. The second kappa shape index (κ2) is 5.38. The highest BCUT2D eigenvalue weighted by molar-refractivity contribution is 5.93. The number of halogens is 1. The number of nitrogens with one attached hydrogen (secondary N) is 1. The Morgan fingerprint density at radius 3 is 2.45 bits per heavy atom. The Bertz CT molecular complexity index is 510. The van der Waals surface area contributed by atoms with Crippen LogP contribution >= 0.6 is 0 Å². The average Bonchev–Trinajstić information content (AvgIpc) is 2.37. The van der Waals surface area contributed by atoms with E-state index in [1.54, 1.807) is 12.1 Å². The van der Waals surface area contributed by atoms with Gasteiger partial charge in [-0.15, -0.1) is 0 Å². The fraction of sp³-hybridized carbons (Fsp3) is 0.500. The SMILES string of the molecule is NC(=O)c1ccc(N2CCN(C3CNC3)CC2)c(F)c1. The number of nitrogens with two attached hydrogens (primary N) is 1. The molecule has 1 amide bonds. The van der Waals surface area contributed by atoms with Crippen molar-refractivity contribution in [3.05, 3.63) is 29.6 Å². The van der Waals surface area contributed by atoms with E-state index < -0.39 is 5.91 Å². The fourth-order valence-electron chi connectivity index (χ4n) is 2.78. The van der Waals surface area contributed by atoms with Crippen LogP contribution in [0, 0.1) is 5.82 Å². The fourth-order valence-corrected chi connectivity index (χ4v) is 2.78. The van der Waals surface area contributed by atoms with E-state index in [-0.39, 0.29) is 11.4 Å². The van der Waals surface area contributed by atoms with Gasteiger partial charge in [-0.25, -0.2) is 4.39 Å². The summed E-state index contributed by atoms with van der Waals surface area (Å²) in [6.45, 7) is 5.63. The molecule has 20 heavy (non-hydrogen) atoms. The maximum absolute atomic E-state index is 14.1. The molecule has 0 saturated carbocycles. The van der Waals surface area contributed by atoms with E-state index in [0.717, 1.165) is 39.3 Å². The van der Waals surface area contributed by atoms with Gasteiger partial charge in [0.25, 0.3) is 0 Å². The van der Waals surface area contributed by atoms with Gasteiger partial charge in [0.2, 0.25) is 5.91 Å². The molecule has 0 atom stereocenters. The lowest BCUT2D eigenvalue weighted by molar-refractivity contribution is 0.1000. The molecule has 2 aliphatic heterocycles. The number of rotatable bonds is 3. The van der Waals surface area contributed by atoms with Gasteiger partial charge in [-0.2, -0.15) is 0 Å². The van der Waals surface area contributed by atoms with Crippen LogP contribution in [0.2, 0.25) is 0 Å². The summed E-state index contributed by atoms with van der Waals surface area (Å²) in [6, 6.07) is 5.10. The van der Waals surface area contributed by atoms with Gasteiger partial charge < -0.3 is 16.0 Å². The second-order valence-corrected chi connectivity index (χ2v) is 5.37. The number of anilines is 1. The molecule has 6 heteroatoms. The lowest BCUT2D eigenvalue weighted by Gasteiger charge is -2.43. The number of piperazine rings is 1. The molecule has 0 bridgehead atoms. The first-order valence-electron chi connectivity index (χ1n) is 6.94. The summed E-state index contributed by atoms with van der Waals surface area (Å²) in [6.07, 6.45) is 0. The van der Waals surface area contributed by atoms with Crippen molar-refractivity contribution in [1.82, 2.24) is 10.2 Å². The van der Waals surface area contributed by atoms with Crippen LogP contribution in [-0.4, -0.2) is 56.1 Å². The number of amides is 1. The zero-order valence-electron chi connectivity index (χ0n) is 11.3. The minimum Gasteiger partial charge on any atom is -0.367 e. The smallest absolute Gasteiger partial charge is 0.248 e. The third kappa shape index (κ3) is 2.48. The largest absolute Gasteiger partial charge is 0.367 e. The van der Waals surface area contributed by atoms with Crippen molar-refractivity contribution in [2.24, 2.45) is 5.73 Å². The standard InChI is InChI=1S/C14H19FN4O/c15-12-7-10(14(16)20)1-2-13(12)19-5-3-18(4-6-19)11-8-17-9-11/h1-2,7,11,17H,3-6,8-9H2,(H2,16,20). The molecular formula is C14H19FN4O. The Labute approximate surface area is 117 Å². The molecule has 2 saturated heterocycles. The van der Waals surface area contributed by atoms with Crippen molar-refractivity contribution in [1.29, 1.82) is 0 Å². The monoisotopic (exact) mass is 278 g/mol. The number of carbonyl (C=O) groups excluding carboxylic acids is 1. The summed E-state index contributed by atoms with van der Waals surface area (Å²) in [5.74, 6) is -0.974. The van der Waals surface area contributed by atoms with Crippen LogP contribution < -0.4 is 16.0 Å². The molecule has 0 unspecified atom stereocenters. The maximum Gasteiger partial charge on any atom is 0.248 e. The van der Waals surface area contributed by atoms with Gasteiger partial charge >= 0.3 is 0 Å². The van der Waals surface area contributed by atoms with Crippen LogP contribution in [0.3, 0.4) is 0 Å². The first-order valence-corrected chi connectivity index (χ1v) is 6.94. The third-order valence-corrected chi connectivity index (χ3v) is 4.16. The van der Waals surface area contributed by atoms with E-state index in [9.17, 15) is 9.18 Å². The van der Waals surface area contributed by atoms with Crippen LogP contribution in [0.5, 0.6) is 0 Å². The molecule has 5 nitrogen and oxygen atoms in total. The van der Waals surface area contributed by atoms with Gasteiger partial charge in [0.1, 0.15) is 5.82 Å². The maximum atomic E-state index is 14.1. The van der Waals surface area contributed by atoms with E-state index in [4.69, 9.17) is 5.73 Å². The molecule has 0 aliphatic carbocycles. The highest BCUT2D eigenvalue weighted by atomic mass is 19.1. The van der Waals surface area contributed by atoms with Crippen molar-refractivity contribution in [3.63, 3.8) is 0 Å². The third-order valence-electron chi connectivity index (χ3n) is 4.16. The molecule has 1 aromatic carbocycles.